The normalized spacial score (nSPS) is 12.6. The quantitative estimate of drug-likeness (QED) is 0.771. The largest absolute Gasteiger partial charge is 0.364 e. The van der Waals surface area contributed by atoms with Crippen LogP contribution in [0.15, 0.2) is 42.9 Å². The summed E-state index contributed by atoms with van der Waals surface area (Å²) in [5, 5.41) is 0. The second-order valence-electron chi connectivity index (χ2n) is 3.28. The second kappa shape index (κ2) is 3.54. The van der Waals surface area contributed by atoms with Gasteiger partial charge in [-0.25, -0.2) is 0 Å². The Bertz CT molecular complexity index is 400. The van der Waals surface area contributed by atoms with E-state index in [9.17, 15) is 4.79 Å². The molecule has 2 heterocycles. The fourth-order valence-corrected chi connectivity index (χ4v) is 1.45. The molecule has 0 amide bonds. The minimum atomic E-state index is -0.127. The highest BCUT2D eigenvalue weighted by Crippen LogP contribution is 2.14. The standard InChI is InChI=1S/C11H12N2O/c1-9(10-5-4-6-12-10)11(14)13-7-2-3-8-13/h2-9,12H,1H3. The lowest BCUT2D eigenvalue weighted by atomic mass is 10.1. The zero-order valence-corrected chi connectivity index (χ0v) is 7.97. The van der Waals surface area contributed by atoms with Crippen LogP contribution >= 0.6 is 0 Å². The summed E-state index contributed by atoms with van der Waals surface area (Å²) < 4.78 is 1.60. The molecule has 0 bridgehead atoms. The molecule has 1 N–H and O–H groups in total. The van der Waals surface area contributed by atoms with Gasteiger partial charge in [-0.3, -0.25) is 9.36 Å². The summed E-state index contributed by atoms with van der Waals surface area (Å²) in [6.07, 6.45) is 5.36. The van der Waals surface area contributed by atoms with Crippen LogP contribution in [0.4, 0.5) is 0 Å². The van der Waals surface area contributed by atoms with Crippen molar-refractivity contribution in [2.45, 2.75) is 12.8 Å². The molecule has 3 heteroatoms. The van der Waals surface area contributed by atoms with E-state index in [1.54, 1.807) is 17.0 Å². The van der Waals surface area contributed by atoms with Crippen LogP contribution in [0.1, 0.15) is 23.3 Å². The number of nitrogens with one attached hydrogen (secondary N) is 1. The van der Waals surface area contributed by atoms with Gasteiger partial charge >= 0.3 is 0 Å². The highest BCUT2D eigenvalue weighted by molar-refractivity contribution is 5.85. The van der Waals surface area contributed by atoms with Crippen LogP contribution in [0, 0.1) is 0 Å². The first-order valence-electron chi connectivity index (χ1n) is 4.59. The zero-order valence-electron chi connectivity index (χ0n) is 7.97. The van der Waals surface area contributed by atoms with Gasteiger partial charge in [0.05, 0.1) is 5.92 Å². The van der Waals surface area contributed by atoms with Gasteiger partial charge in [0.2, 0.25) is 5.91 Å². The van der Waals surface area contributed by atoms with Crippen LogP contribution in [-0.2, 0) is 0 Å². The molecule has 3 nitrogen and oxygen atoms in total. The number of carbonyl (C=O) groups excluding carboxylic acids is 1. The predicted molar refractivity (Wildman–Crippen MR) is 54.3 cm³/mol. The molecule has 2 aromatic rings. The van der Waals surface area contributed by atoms with Crippen molar-refractivity contribution in [1.29, 1.82) is 0 Å². The summed E-state index contributed by atoms with van der Waals surface area (Å²) in [5.74, 6) is -0.0464. The molecule has 14 heavy (non-hydrogen) atoms. The van der Waals surface area contributed by atoms with Gasteiger partial charge < -0.3 is 4.98 Å². The number of carbonyl (C=O) groups is 1. The number of H-pyrrole nitrogens is 1. The Morgan fingerprint density at radius 2 is 2.07 bits per heavy atom. The van der Waals surface area contributed by atoms with Crippen molar-refractivity contribution < 1.29 is 4.79 Å². The number of aromatic amines is 1. The van der Waals surface area contributed by atoms with E-state index in [-0.39, 0.29) is 11.8 Å². The maximum absolute atomic E-state index is 11.8. The predicted octanol–water partition coefficient (Wildman–Crippen LogP) is 2.26. The number of hydrogen-bond donors (Lipinski definition) is 1. The lowest BCUT2D eigenvalue weighted by molar-refractivity contribution is 0.0883. The molecule has 2 aromatic heterocycles. The maximum atomic E-state index is 11.8. The van der Waals surface area contributed by atoms with Gasteiger partial charge in [0.15, 0.2) is 0 Å². The van der Waals surface area contributed by atoms with Crippen LogP contribution in [0.2, 0.25) is 0 Å². The highest BCUT2D eigenvalue weighted by atomic mass is 16.2. The SMILES string of the molecule is CC(C(=O)n1cccc1)c1ccc[nH]1. The summed E-state index contributed by atoms with van der Waals surface area (Å²) in [6, 6.07) is 7.51. The van der Waals surface area contributed by atoms with Crippen molar-refractivity contribution in [3.63, 3.8) is 0 Å². The Morgan fingerprint density at radius 3 is 2.64 bits per heavy atom. The minimum Gasteiger partial charge on any atom is -0.364 e. The molecule has 2 rings (SSSR count). The van der Waals surface area contributed by atoms with E-state index in [1.165, 1.54) is 0 Å². The van der Waals surface area contributed by atoms with Gasteiger partial charge in [0, 0.05) is 24.3 Å². The van der Waals surface area contributed by atoms with Gasteiger partial charge in [-0.2, -0.15) is 0 Å². The van der Waals surface area contributed by atoms with Crippen LogP contribution in [-0.4, -0.2) is 15.5 Å². The molecule has 72 valence electrons. The van der Waals surface area contributed by atoms with E-state index in [2.05, 4.69) is 4.98 Å². The first-order valence-corrected chi connectivity index (χ1v) is 4.59. The van der Waals surface area contributed by atoms with Gasteiger partial charge in [0.25, 0.3) is 0 Å². The Labute approximate surface area is 82.4 Å². The van der Waals surface area contributed by atoms with E-state index >= 15 is 0 Å². The van der Waals surface area contributed by atoms with Gasteiger partial charge in [-0.1, -0.05) is 0 Å². The molecule has 0 saturated carbocycles. The van der Waals surface area contributed by atoms with Gasteiger partial charge in [-0.15, -0.1) is 0 Å². The molecule has 0 fully saturated rings. The van der Waals surface area contributed by atoms with E-state index in [1.807, 2.05) is 37.4 Å². The van der Waals surface area contributed by atoms with Crippen molar-refractivity contribution in [2.24, 2.45) is 0 Å². The second-order valence-corrected chi connectivity index (χ2v) is 3.28. The molecule has 0 aromatic carbocycles. The number of rotatable bonds is 2. The molecular weight excluding hydrogens is 176 g/mol. The third-order valence-electron chi connectivity index (χ3n) is 2.32. The molecule has 0 saturated heterocycles. The molecule has 0 aliphatic carbocycles. The summed E-state index contributed by atoms with van der Waals surface area (Å²) in [7, 11) is 0. The van der Waals surface area contributed by atoms with Gasteiger partial charge in [-0.05, 0) is 31.2 Å². The number of hydrogen-bond acceptors (Lipinski definition) is 1. The van der Waals surface area contributed by atoms with Crippen LogP contribution in [0.5, 0.6) is 0 Å². The Morgan fingerprint density at radius 1 is 1.36 bits per heavy atom. The van der Waals surface area contributed by atoms with E-state index in [0.717, 1.165) is 5.69 Å². The maximum Gasteiger partial charge on any atom is 0.239 e. The third kappa shape index (κ3) is 1.48. The van der Waals surface area contributed by atoms with E-state index in [4.69, 9.17) is 0 Å². The van der Waals surface area contributed by atoms with Crippen LogP contribution < -0.4 is 0 Å². The van der Waals surface area contributed by atoms with Crippen molar-refractivity contribution in [3.05, 3.63) is 48.5 Å². The monoisotopic (exact) mass is 188 g/mol. The molecule has 0 radical (unpaired) electrons. The molecule has 1 atom stereocenters. The zero-order chi connectivity index (χ0) is 9.97. The molecular formula is C11H12N2O. The summed E-state index contributed by atoms with van der Waals surface area (Å²) in [5.41, 5.74) is 0.948. The average Bonchev–Trinajstić information content (AvgIpc) is 2.87. The highest BCUT2D eigenvalue weighted by Gasteiger charge is 2.16. The Hall–Kier alpha value is -1.77. The first kappa shape index (κ1) is 8.81. The van der Waals surface area contributed by atoms with Crippen molar-refractivity contribution >= 4 is 5.91 Å². The lowest BCUT2D eigenvalue weighted by Gasteiger charge is -2.08. The molecule has 0 aliphatic heterocycles. The van der Waals surface area contributed by atoms with E-state index in [0.29, 0.717) is 0 Å². The van der Waals surface area contributed by atoms with Crippen molar-refractivity contribution in [2.75, 3.05) is 0 Å². The Balaban J connectivity index is 2.21. The lowest BCUT2D eigenvalue weighted by Crippen LogP contribution is -2.16. The van der Waals surface area contributed by atoms with Crippen LogP contribution in [0.3, 0.4) is 0 Å². The topological polar surface area (TPSA) is 37.8 Å². The average molecular weight is 188 g/mol. The summed E-state index contributed by atoms with van der Waals surface area (Å²) >= 11 is 0. The first-order chi connectivity index (χ1) is 6.79. The van der Waals surface area contributed by atoms with E-state index < -0.39 is 0 Å². The third-order valence-corrected chi connectivity index (χ3v) is 2.32. The van der Waals surface area contributed by atoms with Crippen molar-refractivity contribution in [3.8, 4) is 0 Å². The van der Waals surface area contributed by atoms with Gasteiger partial charge in [0.1, 0.15) is 0 Å². The smallest absolute Gasteiger partial charge is 0.239 e. The van der Waals surface area contributed by atoms with Crippen LogP contribution in [0.25, 0.3) is 0 Å². The minimum absolute atomic E-state index is 0.0810. The molecule has 1 unspecified atom stereocenters. The molecule has 0 spiro atoms. The summed E-state index contributed by atoms with van der Waals surface area (Å²) in [6.45, 7) is 1.90. The Kier molecular flexibility index (Phi) is 2.23. The fourth-order valence-electron chi connectivity index (χ4n) is 1.45. The number of nitrogens with zero attached hydrogens (tertiary/aromatic N) is 1. The summed E-state index contributed by atoms with van der Waals surface area (Å²) in [4.78, 5) is 14.9. The number of aromatic nitrogens is 2. The molecule has 0 aliphatic rings. The fraction of sp³-hybridized carbons (Fsp3) is 0.182. The van der Waals surface area contributed by atoms with Crippen molar-refractivity contribution in [1.82, 2.24) is 9.55 Å².